The molecule has 4 nitrogen and oxygen atoms in total. The smallest absolute Gasteiger partial charge is 0.187 e. The molecule has 0 aromatic rings. The second-order valence-corrected chi connectivity index (χ2v) is 6.99. The Labute approximate surface area is 120 Å². The van der Waals surface area contributed by atoms with Gasteiger partial charge in [-0.3, -0.25) is 0 Å². The van der Waals surface area contributed by atoms with Crippen LogP contribution in [0.3, 0.4) is 0 Å². The van der Waals surface area contributed by atoms with Gasteiger partial charge in [-0.15, -0.1) is 0 Å². The Kier molecular flexibility index (Phi) is 3.00. The van der Waals surface area contributed by atoms with Crippen LogP contribution in [0.2, 0.25) is 0 Å². The van der Waals surface area contributed by atoms with E-state index in [4.69, 9.17) is 14.5 Å². The van der Waals surface area contributed by atoms with E-state index in [1.807, 2.05) is 6.92 Å². The second-order valence-electron chi connectivity index (χ2n) is 6.99. The molecule has 0 N–H and O–H groups in total. The third-order valence-corrected chi connectivity index (χ3v) is 5.41. The second kappa shape index (κ2) is 4.74. The standard InChI is InChI=1S/C16H24N2O2/c1-9-3-5-11(6-4-9)16-18-13-8-14-12(7-15(13)20-16)17-10(2)19-14/h9,11-15H,3-8H2,1-2H3. The molecule has 4 aliphatic rings. The van der Waals surface area contributed by atoms with Crippen LogP contribution in [0.5, 0.6) is 0 Å². The fourth-order valence-electron chi connectivity index (χ4n) is 4.16. The highest BCUT2D eigenvalue weighted by atomic mass is 16.5. The first-order valence-corrected chi connectivity index (χ1v) is 8.14. The van der Waals surface area contributed by atoms with Crippen molar-refractivity contribution in [3.63, 3.8) is 0 Å². The molecule has 0 spiro atoms. The number of ether oxygens (including phenoxy) is 2. The van der Waals surface area contributed by atoms with Crippen LogP contribution >= 0.6 is 0 Å². The SMILES string of the molecule is CC1=NC2CC3OC(C4CCC(C)CC4)=NC3CC2O1. The Balaban J connectivity index is 1.43. The van der Waals surface area contributed by atoms with Gasteiger partial charge in [0.25, 0.3) is 0 Å². The van der Waals surface area contributed by atoms with Crippen molar-refractivity contribution in [1.29, 1.82) is 0 Å². The maximum Gasteiger partial charge on any atom is 0.187 e. The quantitative estimate of drug-likeness (QED) is 0.739. The maximum absolute atomic E-state index is 6.21. The number of fused-ring (bicyclic) bond motifs is 2. The zero-order valence-corrected chi connectivity index (χ0v) is 12.4. The van der Waals surface area contributed by atoms with Gasteiger partial charge >= 0.3 is 0 Å². The molecule has 2 heterocycles. The molecule has 0 bridgehead atoms. The van der Waals surface area contributed by atoms with Gasteiger partial charge in [0.1, 0.15) is 12.2 Å². The summed E-state index contributed by atoms with van der Waals surface area (Å²) in [6, 6.07) is 0.615. The summed E-state index contributed by atoms with van der Waals surface area (Å²) in [6.07, 6.45) is 7.59. The molecule has 4 unspecified atom stereocenters. The fourth-order valence-corrected chi connectivity index (χ4v) is 4.16. The van der Waals surface area contributed by atoms with Crippen molar-refractivity contribution in [3.8, 4) is 0 Å². The van der Waals surface area contributed by atoms with Crippen molar-refractivity contribution >= 4 is 11.8 Å². The molecule has 0 aromatic carbocycles. The van der Waals surface area contributed by atoms with Crippen LogP contribution in [0, 0.1) is 11.8 Å². The summed E-state index contributed by atoms with van der Waals surface area (Å²) in [5.41, 5.74) is 0. The average molecular weight is 276 g/mol. The van der Waals surface area contributed by atoms with E-state index in [0.717, 1.165) is 30.6 Å². The van der Waals surface area contributed by atoms with Crippen LogP contribution in [-0.2, 0) is 9.47 Å². The molecule has 2 aliphatic heterocycles. The van der Waals surface area contributed by atoms with Gasteiger partial charge in [0, 0.05) is 25.7 Å². The first-order valence-electron chi connectivity index (χ1n) is 8.14. The highest BCUT2D eigenvalue weighted by Gasteiger charge is 2.46. The molecule has 4 atom stereocenters. The summed E-state index contributed by atoms with van der Waals surface area (Å²) >= 11 is 0. The van der Waals surface area contributed by atoms with Crippen molar-refractivity contribution < 1.29 is 9.47 Å². The van der Waals surface area contributed by atoms with Crippen molar-refractivity contribution in [2.45, 2.75) is 76.7 Å². The maximum atomic E-state index is 6.21. The largest absolute Gasteiger partial charge is 0.476 e. The van der Waals surface area contributed by atoms with Crippen molar-refractivity contribution in [2.75, 3.05) is 0 Å². The predicted molar refractivity (Wildman–Crippen MR) is 78.2 cm³/mol. The minimum atomic E-state index is 0.245. The summed E-state index contributed by atoms with van der Waals surface area (Å²) in [6.45, 7) is 4.30. The van der Waals surface area contributed by atoms with Gasteiger partial charge in [0.05, 0.1) is 12.1 Å². The minimum absolute atomic E-state index is 0.245. The van der Waals surface area contributed by atoms with Crippen LogP contribution in [0.4, 0.5) is 0 Å². The van der Waals surface area contributed by atoms with Crippen LogP contribution in [0.15, 0.2) is 9.98 Å². The highest BCUT2D eigenvalue weighted by molar-refractivity contribution is 5.81. The van der Waals surface area contributed by atoms with Crippen molar-refractivity contribution in [1.82, 2.24) is 0 Å². The Morgan fingerprint density at radius 3 is 2.30 bits per heavy atom. The molecule has 4 heteroatoms. The molecule has 20 heavy (non-hydrogen) atoms. The van der Waals surface area contributed by atoms with E-state index in [0.29, 0.717) is 18.0 Å². The number of hydrogen-bond donors (Lipinski definition) is 0. The van der Waals surface area contributed by atoms with Gasteiger partial charge in [-0.25, -0.2) is 9.98 Å². The monoisotopic (exact) mass is 276 g/mol. The Bertz CT molecular complexity index is 451. The van der Waals surface area contributed by atoms with Crippen LogP contribution in [-0.4, -0.2) is 36.1 Å². The van der Waals surface area contributed by atoms with E-state index in [-0.39, 0.29) is 12.2 Å². The van der Waals surface area contributed by atoms with Gasteiger partial charge in [-0.05, 0) is 31.6 Å². The van der Waals surface area contributed by atoms with Gasteiger partial charge < -0.3 is 9.47 Å². The predicted octanol–water partition coefficient (Wildman–Crippen LogP) is 2.96. The summed E-state index contributed by atoms with van der Waals surface area (Å²) < 4.78 is 12.0. The molecule has 110 valence electrons. The van der Waals surface area contributed by atoms with E-state index in [1.54, 1.807) is 0 Å². The first-order chi connectivity index (χ1) is 9.69. The lowest BCUT2D eigenvalue weighted by Crippen LogP contribution is -2.41. The van der Waals surface area contributed by atoms with Crippen molar-refractivity contribution in [2.24, 2.45) is 21.8 Å². The minimum Gasteiger partial charge on any atom is -0.476 e. The van der Waals surface area contributed by atoms with Crippen molar-refractivity contribution in [3.05, 3.63) is 0 Å². The molecule has 2 saturated carbocycles. The fraction of sp³-hybridized carbons (Fsp3) is 0.875. The van der Waals surface area contributed by atoms with E-state index in [9.17, 15) is 0 Å². The van der Waals surface area contributed by atoms with E-state index in [1.165, 1.54) is 25.7 Å². The number of aliphatic imine (C=N–C) groups is 2. The number of hydrogen-bond acceptors (Lipinski definition) is 4. The molecule has 0 radical (unpaired) electrons. The molecule has 0 amide bonds. The lowest BCUT2D eigenvalue weighted by atomic mass is 9.83. The van der Waals surface area contributed by atoms with E-state index in [2.05, 4.69) is 11.9 Å². The van der Waals surface area contributed by atoms with E-state index < -0.39 is 0 Å². The van der Waals surface area contributed by atoms with Crippen LogP contribution < -0.4 is 0 Å². The summed E-state index contributed by atoms with van der Waals surface area (Å²) in [5, 5.41) is 0. The van der Waals surface area contributed by atoms with Gasteiger partial charge in [0.2, 0.25) is 0 Å². The summed E-state index contributed by atoms with van der Waals surface area (Å²) in [4.78, 5) is 9.49. The molecular weight excluding hydrogens is 252 g/mol. The molecular formula is C16H24N2O2. The Hall–Kier alpha value is -1.06. The zero-order valence-electron chi connectivity index (χ0n) is 12.4. The third kappa shape index (κ3) is 2.13. The topological polar surface area (TPSA) is 43.2 Å². The molecule has 2 aliphatic carbocycles. The van der Waals surface area contributed by atoms with Gasteiger partial charge in [-0.1, -0.05) is 6.92 Å². The molecule has 4 rings (SSSR count). The lowest BCUT2D eigenvalue weighted by molar-refractivity contribution is 0.0678. The zero-order chi connectivity index (χ0) is 13.7. The normalized spacial score (nSPS) is 46.7. The van der Waals surface area contributed by atoms with Gasteiger partial charge in [-0.2, -0.15) is 0 Å². The Morgan fingerprint density at radius 1 is 0.900 bits per heavy atom. The van der Waals surface area contributed by atoms with Crippen LogP contribution in [0.1, 0.15) is 52.4 Å². The summed E-state index contributed by atoms with van der Waals surface area (Å²) in [7, 11) is 0. The first kappa shape index (κ1) is 12.7. The molecule has 0 aromatic heterocycles. The molecule has 2 fully saturated rings. The average Bonchev–Trinajstić information content (AvgIpc) is 2.97. The third-order valence-electron chi connectivity index (χ3n) is 5.41. The molecule has 0 saturated heterocycles. The van der Waals surface area contributed by atoms with Crippen LogP contribution in [0.25, 0.3) is 0 Å². The number of nitrogens with zero attached hydrogens (tertiary/aromatic N) is 2. The Morgan fingerprint density at radius 2 is 1.55 bits per heavy atom. The summed E-state index contributed by atoms with van der Waals surface area (Å²) in [5.74, 6) is 3.33. The highest BCUT2D eigenvalue weighted by Crippen LogP contribution is 2.38. The van der Waals surface area contributed by atoms with E-state index >= 15 is 0 Å². The number of rotatable bonds is 1. The van der Waals surface area contributed by atoms with Gasteiger partial charge in [0.15, 0.2) is 11.8 Å². The lowest BCUT2D eigenvalue weighted by Gasteiger charge is -2.30.